The summed E-state index contributed by atoms with van der Waals surface area (Å²) in [7, 11) is 0. The van der Waals surface area contributed by atoms with Crippen LogP contribution < -0.4 is 0 Å². The molecule has 3 aromatic carbocycles. The van der Waals surface area contributed by atoms with Gasteiger partial charge in [-0.1, -0.05) is 48.5 Å². The Morgan fingerprint density at radius 3 is 2.69 bits per heavy atom. The number of fused-ring (bicyclic) bond motifs is 1. The number of benzene rings is 3. The van der Waals surface area contributed by atoms with Gasteiger partial charge in [-0.25, -0.2) is 9.48 Å². The minimum absolute atomic E-state index is 0.370. The fourth-order valence-electron chi connectivity index (χ4n) is 2.95. The molecule has 0 fully saturated rings. The largest absolute Gasteiger partial charge is 0.454 e. The van der Waals surface area contributed by atoms with Crippen molar-refractivity contribution < 1.29 is 9.53 Å². The van der Waals surface area contributed by atoms with Crippen molar-refractivity contribution in [2.75, 3.05) is 0 Å². The number of ether oxygens (including phenoxy) is 1. The average molecular weight is 344 g/mol. The van der Waals surface area contributed by atoms with Gasteiger partial charge in [0.05, 0.1) is 11.3 Å². The number of carbonyl (C=O) groups excluding carboxylic acids is 1. The minimum atomic E-state index is -0.389. The van der Waals surface area contributed by atoms with Gasteiger partial charge in [0.15, 0.2) is 0 Å². The lowest BCUT2D eigenvalue weighted by Gasteiger charge is -2.16. The highest BCUT2D eigenvalue weighted by atomic mass is 16.5. The molecule has 26 heavy (non-hydrogen) atoms. The van der Waals surface area contributed by atoms with Crippen LogP contribution in [0.15, 0.2) is 73.1 Å². The molecule has 0 N–H and O–H groups in total. The van der Waals surface area contributed by atoms with E-state index in [0.717, 1.165) is 16.3 Å². The Labute approximate surface area is 150 Å². The number of carbonyl (C=O) groups is 1. The van der Waals surface area contributed by atoms with E-state index in [2.05, 4.69) is 15.5 Å². The van der Waals surface area contributed by atoms with E-state index in [1.165, 1.54) is 11.0 Å². The molecule has 6 nitrogen and oxygen atoms in total. The molecule has 6 heteroatoms. The van der Waals surface area contributed by atoms with Gasteiger partial charge in [-0.05, 0) is 51.9 Å². The van der Waals surface area contributed by atoms with E-state index in [1.54, 1.807) is 18.2 Å². The molecule has 4 aromatic rings. The molecule has 0 aliphatic heterocycles. The van der Waals surface area contributed by atoms with Gasteiger partial charge in [0, 0.05) is 0 Å². The summed E-state index contributed by atoms with van der Waals surface area (Å²) < 4.78 is 7.19. The van der Waals surface area contributed by atoms with Crippen molar-refractivity contribution in [1.29, 1.82) is 0 Å². The fraction of sp³-hybridized carbons (Fsp3) is 0.100. The van der Waals surface area contributed by atoms with Crippen LogP contribution in [0.3, 0.4) is 0 Å². The molecule has 0 aliphatic carbocycles. The van der Waals surface area contributed by atoms with Crippen LogP contribution in [0.5, 0.6) is 0 Å². The van der Waals surface area contributed by atoms with Crippen molar-refractivity contribution >= 4 is 16.7 Å². The van der Waals surface area contributed by atoms with E-state index in [1.807, 2.05) is 55.5 Å². The van der Waals surface area contributed by atoms with Crippen LogP contribution in [0.4, 0.5) is 0 Å². The first kappa shape index (κ1) is 16.0. The number of hydrogen-bond acceptors (Lipinski definition) is 5. The Morgan fingerprint density at radius 2 is 1.85 bits per heavy atom. The van der Waals surface area contributed by atoms with Gasteiger partial charge in [0.2, 0.25) is 0 Å². The van der Waals surface area contributed by atoms with Crippen LogP contribution in [-0.2, 0) is 4.74 Å². The highest BCUT2D eigenvalue weighted by Gasteiger charge is 2.16. The number of nitrogens with zero attached hydrogens (tertiary/aromatic N) is 4. The predicted molar refractivity (Wildman–Crippen MR) is 96.9 cm³/mol. The summed E-state index contributed by atoms with van der Waals surface area (Å²) in [5.41, 5.74) is 2.13. The first-order valence-corrected chi connectivity index (χ1v) is 8.24. The van der Waals surface area contributed by atoms with Crippen molar-refractivity contribution in [3.05, 3.63) is 84.2 Å². The van der Waals surface area contributed by atoms with Crippen molar-refractivity contribution in [2.24, 2.45) is 0 Å². The lowest BCUT2D eigenvalue weighted by molar-refractivity contribution is 0.0340. The summed E-state index contributed by atoms with van der Waals surface area (Å²) in [5, 5.41) is 13.2. The molecule has 4 rings (SSSR count). The summed E-state index contributed by atoms with van der Waals surface area (Å²) in [6.07, 6.45) is 1.11. The molecule has 1 atom stereocenters. The Hall–Kier alpha value is -3.54. The predicted octanol–water partition coefficient (Wildman–Crippen LogP) is 3.73. The highest BCUT2D eigenvalue weighted by molar-refractivity contribution is 5.91. The van der Waals surface area contributed by atoms with E-state index < -0.39 is 0 Å². The number of aromatic nitrogens is 4. The third-order valence-electron chi connectivity index (χ3n) is 4.24. The normalized spacial score (nSPS) is 12.0. The standard InChI is InChI=1S/C20H16N4O2/c1-14(18-11-5-7-15-6-2-3-10-19(15)18)26-20(25)16-8-4-9-17(12-16)24-13-21-22-23-24/h2-14H,1H3/t14-/m0/s1. The molecule has 0 bridgehead atoms. The third kappa shape index (κ3) is 3.04. The zero-order valence-electron chi connectivity index (χ0n) is 14.1. The molecule has 0 unspecified atom stereocenters. The van der Waals surface area contributed by atoms with Gasteiger partial charge in [0.25, 0.3) is 0 Å². The van der Waals surface area contributed by atoms with Crippen LogP contribution in [-0.4, -0.2) is 26.2 Å². The zero-order chi connectivity index (χ0) is 17.9. The van der Waals surface area contributed by atoms with Crippen LogP contribution in [0.1, 0.15) is 28.9 Å². The molecule has 0 amide bonds. The first-order chi connectivity index (χ1) is 12.7. The molecular formula is C20H16N4O2. The van der Waals surface area contributed by atoms with Gasteiger partial charge < -0.3 is 4.74 Å². The smallest absolute Gasteiger partial charge is 0.338 e. The summed E-state index contributed by atoms with van der Waals surface area (Å²) >= 11 is 0. The molecule has 0 aliphatic rings. The summed E-state index contributed by atoms with van der Waals surface area (Å²) in [6.45, 7) is 1.88. The molecule has 1 aromatic heterocycles. The molecule has 0 saturated carbocycles. The minimum Gasteiger partial charge on any atom is -0.454 e. The number of esters is 1. The Kier molecular flexibility index (Phi) is 4.15. The van der Waals surface area contributed by atoms with E-state index in [4.69, 9.17) is 4.74 Å². The van der Waals surface area contributed by atoms with Crippen LogP contribution in [0.2, 0.25) is 0 Å². The van der Waals surface area contributed by atoms with Gasteiger partial charge in [-0.15, -0.1) is 5.10 Å². The van der Waals surface area contributed by atoms with Crippen LogP contribution in [0.25, 0.3) is 16.5 Å². The second-order valence-electron chi connectivity index (χ2n) is 5.92. The van der Waals surface area contributed by atoms with Crippen LogP contribution >= 0.6 is 0 Å². The molecular weight excluding hydrogens is 328 g/mol. The van der Waals surface area contributed by atoms with E-state index >= 15 is 0 Å². The topological polar surface area (TPSA) is 69.9 Å². The first-order valence-electron chi connectivity index (χ1n) is 8.24. The summed E-state index contributed by atoms with van der Waals surface area (Å²) in [6, 6.07) is 21.1. The summed E-state index contributed by atoms with van der Waals surface area (Å²) in [4.78, 5) is 12.6. The quantitative estimate of drug-likeness (QED) is 0.528. The Bertz CT molecular complexity index is 1060. The van der Waals surface area contributed by atoms with E-state index in [-0.39, 0.29) is 12.1 Å². The SMILES string of the molecule is C[C@H](OC(=O)c1cccc(-n2cnnn2)c1)c1cccc2ccccc12. The molecule has 0 spiro atoms. The lowest BCUT2D eigenvalue weighted by Crippen LogP contribution is -2.10. The van der Waals surface area contributed by atoms with E-state index in [9.17, 15) is 4.79 Å². The maximum Gasteiger partial charge on any atom is 0.338 e. The van der Waals surface area contributed by atoms with Crippen molar-refractivity contribution in [2.45, 2.75) is 13.0 Å². The fourth-order valence-corrected chi connectivity index (χ4v) is 2.95. The van der Waals surface area contributed by atoms with Gasteiger partial charge in [0.1, 0.15) is 12.4 Å². The maximum atomic E-state index is 12.6. The molecule has 128 valence electrons. The number of hydrogen-bond donors (Lipinski definition) is 0. The summed E-state index contributed by atoms with van der Waals surface area (Å²) in [5.74, 6) is -0.389. The Morgan fingerprint density at radius 1 is 1.04 bits per heavy atom. The Balaban J connectivity index is 1.59. The van der Waals surface area contributed by atoms with Gasteiger partial charge in [-0.2, -0.15) is 0 Å². The third-order valence-corrected chi connectivity index (χ3v) is 4.24. The van der Waals surface area contributed by atoms with Gasteiger partial charge in [-0.3, -0.25) is 0 Å². The zero-order valence-corrected chi connectivity index (χ0v) is 14.1. The van der Waals surface area contributed by atoms with Crippen LogP contribution in [0, 0.1) is 0 Å². The molecule has 1 heterocycles. The second kappa shape index (κ2) is 6.76. The highest BCUT2D eigenvalue weighted by Crippen LogP contribution is 2.27. The molecule has 0 saturated heterocycles. The maximum absolute atomic E-state index is 12.6. The second-order valence-corrected chi connectivity index (χ2v) is 5.92. The van der Waals surface area contributed by atoms with E-state index in [0.29, 0.717) is 11.3 Å². The number of tetrazole rings is 1. The monoisotopic (exact) mass is 344 g/mol. The molecule has 0 radical (unpaired) electrons. The lowest BCUT2D eigenvalue weighted by atomic mass is 10.0. The van der Waals surface area contributed by atoms with Crippen molar-refractivity contribution in [1.82, 2.24) is 20.2 Å². The number of rotatable bonds is 4. The van der Waals surface area contributed by atoms with Crippen molar-refractivity contribution in [3.8, 4) is 5.69 Å². The van der Waals surface area contributed by atoms with Gasteiger partial charge >= 0.3 is 5.97 Å². The average Bonchev–Trinajstić information content (AvgIpc) is 3.22. The van der Waals surface area contributed by atoms with Crippen molar-refractivity contribution in [3.63, 3.8) is 0 Å².